The van der Waals surface area contributed by atoms with E-state index in [9.17, 15) is 71.9 Å². The fourth-order valence-electron chi connectivity index (χ4n) is 11.2. The van der Waals surface area contributed by atoms with E-state index in [1.165, 1.54) is 34.6 Å². The maximum atomic E-state index is 14.4. The van der Waals surface area contributed by atoms with Gasteiger partial charge in [0.1, 0.15) is 84.6 Å². The summed E-state index contributed by atoms with van der Waals surface area (Å²) < 4.78 is 0. The van der Waals surface area contributed by atoms with Gasteiger partial charge in [-0.25, -0.2) is 0 Å². The minimum atomic E-state index is -1.35. The lowest BCUT2D eigenvalue weighted by atomic mass is 10.0. The van der Waals surface area contributed by atoms with Gasteiger partial charge < -0.3 is 120 Å². The SMILES string of the molecule is CC(C)C[C@H](NC(=O)[C@H](CCCCN)NC(=O)[C@H](CCCCN)NC(=O)[C@H](C)NC(=O)[C@H](CC(C)C)NC(=O)[C@H](CCCCN)NC(=O)[C@H](C)NC(=O)[C@H](CCCCN)NC(=O)[C@H](C)NC(=O)[C@H](CCCCN)NC(=O)[C@H](CC(C)C)NC(=O)[C@H](CCCCN)NC(=O)[C@H](C)NC(=O)[C@@H](N)CS)C(=O)N[C@@H](C)C(N)=O. The van der Waals surface area contributed by atoms with E-state index in [1.807, 2.05) is 27.7 Å². The Hall–Kier alpha value is -7.88. The molecule has 0 aliphatic carbocycles. The van der Waals surface area contributed by atoms with Crippen molar-refractivity contribution in [1.82, 2.24) is 74.4 Å². The van der Waals surface area contributed by atoms with Crippen molar-refractivity contribution in [1.29, 1.82) is 0 Å². The third-order valence-corrected chi connectivity index (χ3v) is 18.2. The van der Waals surface area contributed by atoms with Crippen molar-refractivity contribution in [3.05, 3.63) is 0 Å². The molecule has 0 rings (SSSR count). The molecule has 0 aromatic carbocycles. The second kappa shape index (κ2) is 57.2. The van der Waals surface area contributed by atoms with Crippen LogP contribution in [-0.2, 0) is 71.9 Å². The highest BCUT2D eigenvalue weighted by atomic mass is 32.1. The highest BCUT2D eigenvalue weighted by Crippen LogP contribution is 2.15. The molecule has 0 spiro atoms. The van der Waals surface area contributed by atoms with E-state index in [0.29, 0.717) is 83.6 Å². The van der Waals surface area contributed by atoms with Crippen LogP contribution in [0.15, 0.2) is 0 Å². The van der Waals surface area contributed by atoms with Crippen LogP contribution in [0.2, 0.25) is 0 Å². The van der Waals surface area contributed by atoms with Gasteiger partial charge in [0.2, 0.25) is 88.6 Å². The molecule has 37 nitrogen and oxygen atoms in total. The van der Waals surface area contributed by atoms with Crippen molar-refractivity contribution in [2.75, 3.05) is 45.0 Å². The average molecular weight is 1580 g/mol. The molecule has 0 aromatic heterocycles. The van der Waals surface area contributed by atoms with Crippen molar-refractivity contribution < 1.29 is 71.9 Å². The number of carbonyl (C=O) groups excluding carboxylic acids is 15. The minimum absolute atomic E-state index is 0.0180. The summed E-state index contributed by atoms with van der Waals surface area (Å²) in [4.78, 5) is 206. The molecule has 0 aliphatic rings. The monoisotopic (exact) mass is 1580 g/mol. The molecule has 0 heterocycles. The first-order valence-electron chi connectivity index (χ1n) is 39.0. The standard InChI is InChI=1S/C72H138N22O15S/c1-40(2)36-55(70(107)81-43(7)58(80)95)92-69(106)54(29-17-23-35-78)90-66(103)51(26-14-20-32-75)87-62(99)47(11)85-71(108)56(37-41(3)4)93-67(104)52(27-15-21-33-76)89-61(98)46(10)83-64(101)49(24-12-18-30-73)86-60(97)45(9)84-65(102)50(25-13-19-31-74)91-72(109)57(38-42(5)6)94-68(105)53(28-16-22-34-77)88-59(96)44(8)82-63(100)48(79)39-110/h40-57,110H,12-39,73-79H2,1-11H3,(H2,80,95)(H,81,107)(H,82,100)(H,83,101)(H,84,102)(H,85,108)(H,86,97)(H,87,99)(H,88,96)(H,89,98)(H,90,103)(H,91,109)(H,92,106)(H,93,104)(H,94,105)/t43-,44-,45-,46-,47-,48-,49-,50-,51-,52-,53-,54-,55-,56-,57-/m0/s1. The zero-order chi connectivity index (χ0) is 83.8. The van der Waals surface area contributed by atoms with E-state index in [0.717, 1.165) is 0 Å². The van der Waals surface area contributed by atoms with Gasteiger partial charge in [0, 0.05) is 5.75 Å². The predicted octanol–water partition coefficient (Wildman–Crippen LogP) is -4.47. The van der Waals surface area contributed by atoms with Crippen molar-refractivity contribution in [3.8, 4) is 0 Å². The first-order valence-corrected chi connectivity index (χ1v) is 39.6. The normalized spacial score (nSPS) is 15.4. The number of amides is 15. The minimum Gasteiger partial charge on any atom is -0.368 e. The van der Waals surface area contributed by atoms with E-state index in [2.05, 4.69) is 87.1 Å². The van der Waals surface area contributed by atoms with Gasteiger partial charge >= 0.3 is 0 Å². The van der Waals surface area contributed by atoms with Gasteiger partial charge in [0.15, 0.2) is 0 Å². The third kappa shape index (κ3) is 42.5. The average Bonchev–Trinajstić information content (AvgIpc) is 0.867. The summed E-state index contributed by atoms with van der Waals surface area (Å²) in [6, 6.07) is -18.2. The smallest absolute Gasteiger partial charge is 0.243 e. The topological polar surface area (TPSA) is 633 Å². The van der Waals surface area contributed by atoms with Gasteiger partial charge in [-0.3, -0.25) is 71.9 Å². The molecule has 0 radical (unpaired) electrons. The molecule has 632 valence electrons. The van der Waals surface area contributed by atoms with E-state index >= 15 is 0 Å². The molecule has 0 aliphatic heterocycles. The van der Waals surface area contributed by atoms with Crippen molar-refractivity contribution >= 4 is 101 Å². The Bertz CT molecular complexity index is 2880. The van der Waals surface area contributed by atoms with Gasteiger partial charge in [-0.2, -0.15) is 12.6 Å². The van der Waals surface area contributed by atoms with Crippen LogP contribution in [0.3, 0.4) is 0 Å². The first-order chi connectivity index (χ1) is 51.9. The van der Waals surface area contributed by atoms with Crippen LogP contribution in [0.5, 0.6) is 0 Å². The van der Waals surface area contributed by atoms with E-state index in [4.69, 9.17) is 45.9 Å². The fourth-order valence-corrected chi connectivity index (χ4v) is 11.4. The molecule has 30 N–H and O–H groups in total. The fraction of sp³-hybridized carbons (Fsp3) is 0.792. The summed E-state index contributed by atoms with van der Waals surface area (Å²) in [5.74, 6) is -11.8. The van der Waals surface area contributed by atoms with Crippen LogP contribution in [-0.4, -0.2) is 224 Å². The van der Waals surface area contributed by atoms with Gasteiger partial charge in [0.25, 0.3) is 0 Å². The van der Waals surface area contributed by atoms with Gasteiger partial charge in [-0.15, -0.1) is 0 Å². The maximum Gasteiger partial charge on any atom is 0.243 e. The first kappa shape index (κ1) is 102. The van der Waals surface area contributed by atoms with E-state index in [-0.39, 0.29) is 114 Å². The number of unbranched alkanes of at least 4 members (excludes halogenated alkanes) is 6. The van der Waals surface area contributed by atoms with Crippen LogP contribution in [0, 0.1) is 17.8 Å². The molecule has 15 atom stereocenters. The van der Waals surface area contributed by atoms with Crippen molar-refractivity contribution in [3.63, 3.8) is 0 Å². The van der Waals surface area contributed by atoms with Crippen LogP contribution in [0.1, 0.15) is 211 Å². The lowest BCUT2D eigenvalue weighted by molar-refractivity contribution is -0.136. The molecule has 0 saturated heterocycles. The molecule has 0 saturated carbocycles. The second-order valence-electron chi connectivity index (χ2n) is 29.5. The Labute approximate surface area is 655 Å². The number of nitrogens with one attached hydrogen (secondary N) is 14. The largest absolute Gasteiger partial charge is 0.368 e. The van der Waals surface area contributed by atoms with E-state index in [1.54, 1.807) is 13.8 Å². The molecule has 38 heteroatoms. The molecular weight excluding hydrogens is 1440 g/mol. The Morgan fingerprint density at radius 2 is 0.400 bits per heavy atom. The number of carbonyl (C=O) groups is 15. The van der Waals surface area contributed by atoms with Crippen LogP contribution in [0.4, 0.5) is 0 Å². The quantitative estimate of drug-likeness (QED) is 0.0202. The molecular formula is C72H138N22O15S. The number of rotatable bonds is 60. The van der Waals surface area contributed by atoms with Gasteiger partial charge in [0.05, 0.1) is 6.04 Å². The predicted molar refractivity (Wildman–Crippen MR) is 422 cm³/mol. The highest BCUT2D eigenvalue weighted by molar-refractivity contribution is 7.80. The summed E-state index contributed by atoms with van der Waals surface area (Å²) in [5.41, 5.74) is 45.8. The molecule has 0 bridgehead atoms. The van der Waals surface area contributed by atoms with Gasteiger partial charge in [-0.1, -0.05) is 41.5 Å². The molecule has 110 heavy (non-hydrogen) atoms. The number of thiol groups is 1. The summed E-state index contributed by atoms with van der Waals surface area (Å²) in [5, 5.41) is 37.1. The Morgan fingerprint density at radius 1 is 0.236 bits per heavy atom. The molecule has 0 aromatic rings. The van der Waals surface area contributed by atoms with Crippen molar-refractivity contribution in [2.45, 2.75) is 302 Å². The summed E-state index contributed by atoms with van der Waals surface area (Å²) in [6.07, 6.45) is 5.71. The lowest BCUT2D eigenvalue weighted by Gasteiger charge is -2.28. The Kier molecular flexibility index (Phi) is 53.1. The van der Waals surface area contributed by atoms with Crippen LogP contribution >= 0.6 is 12.6 Å². The summed E-state index contributed by atoms with van der Waals surface area (Å²) in [7, 11) is 0. The molecule has 15 amide bonds. The third-order valence-electron chi connectivity index (χ3n) is 17.8. The Balaban J connectivity index is 6.70. The Morgan fingerprint density at radius 3 is 0.591 bits per heavy atom. The molecule has 0 unspecified atom stereocenters. The van der Waals surface area contributed by atoms with Gasteiger partial charge in [-0.05, 0) is 226 Å². The number of nitrogens with two attached hydrogens (primary N) is 8. The second-order valence-corrected chi connectivity index (χ2v) is 29.9. The summed E-state index contributed by atoms with van der Waals surface area (Å²) in [6.45, 7) is 19.3. The number of primary amides is 1. The maximum absolute atomic E-state index is 14.4. The summed E-state index contributed by atoms with van der Waals surface area (Å²) >= 11 is 4.03. The highest BCUT2D eigenvalue weighted by Gasteiger charge is 2.37. The van der Waals surface area contributed by atoms with Crippen LogP contribution in [0.25, 0.3) is 0 Å². The lowest BCUT2D eigenvalue weighted by Crippen LogP contribution is -2.60. The zero-order valence-electron chi connectivity index (χ0n) is 66.9. The van der Waals surface area contributed by atoms with E-state index < -0.39 is 179 Å². The molecule has 0 fully saturated rings. The van der Waals surface area contributed by atoms with Crippen molar-refractivity contribution in [2.24, 2.45) is 63.6 Å². The number of hydrogen-bond acceptors (Lipinski definition) is 23. The van der Waals surface area contributed by atoms with Crippen LogP contribution < -0.4 is 120 Å². The number of hydrogen-bond donors (Lipinski definition) is 23. The zero-order valence-corrected chi connectivity index (χ0v) is 67.8.